The first-order valence-corrected chi connectivity index (χ1v) is 7.75. The second-order valence-corrected chi connectivity index (χ2v) is 6.08. The first-order chi connectivity index (χ1) is 10.9. The van der Waals surface area contributed by atoms with Gasteiger partial charge in [0.25, 0.3) is 0 Å². The van der Waals surface area contributed by atoms with Crippen LogP contribution in [0.15, 0.2) is 36.5 Å². The van der Waals surface area contributed by atoms with Crippen LogP contribution < -0.4 is 0 Å². The smallest absolute Gasteiger partial charge is 0.101 e. The van der Waals surface area contributed by atoms with E-state index in [4.69, 9.17) is 10.5 Å². The Labute approximate surface area is 146 Å². The highest BCUT2D eigenvalue weighted by Crippen LogP contribution is 2.19. The summed E-state index contributed by atoms with van der Waals surface area (Å²) in [4.78, 5) is 4.13. The van der Waals surface area contributed by atoms with Gasteiger partial charge in [0.15, 0.2) is 0 Å². The van der Waals surface area contributed by atoms with Crippen LogP contribution in [0.3, 0.4) is 0 Å². The summed E-state index contributed by atoms with van der Waals surface area (Å²) in [5.41, 5.74) is 4.94. The highest BCUT2D eigenvalue weighted by Gasteiger charge is 2.03. The van der Waals surface area contributed by atoms with Crippen LogP contribution in [0.4, 0.5) is 0 Å². The standard InChI is InChI=1S/C11H13N.C9H10N2.CH4/c1-8(2)11-5-4-10(7-12)6-9(11)3;1-7(2)9-4-3-8(5-10)6-11-9;/h4-6,8H,1-3H3;3-4,6-7H,1-2H3;1H4. The Kier molecular flexibility index (Phi) is 9.06. The molecular formula is C21H27N3. The summed E-state index contributed by atoms with van der Waals surface area (Å²) in [6, 6.07) is 13.7. The predicted molar refractivity (Wildman–Crippen MR) is 99.8 cm³/mol. The van der Waals surface area contributed by atoms with Crippen LogP contribution in [0.25, 0.3) is 0 Å². The molecule has 2 rings (SSSR count). The van der Waals surface area contributed by atoms with Crippen molar-refractivity contribution in [3.63, 3.8) is 0 Å². The second-order valence-electron chi connectivity index (χ2n) is 6.08. The van der Waals surface area contributed by atoms with Gasteiger partial charge in [-0.15, -0.1) is 0 Å². The lowest BCUT2D eigenvalue weighted by atomic mass is 9.97. The van der Waals surface area contributed by atoms with Crippen molar-refractivity contribution < 1.29 is 0 Å². The molecule has 0 bridgehead atoms. The van der Waals surface area contributed by atoms with Crippen molar-refractivity contribution in [2.24, 2.45) is 0 Å². The van der Waals surface area contributed by atoms with E-state index in [1.165, 1.54) is 11.1 Å². The Morgan fingerprint density at radius 1 is 0.875 bits per heavy atom. The van der Waals surface area contributed by atoms with Gasteiger partial charge in [-0.1, -0.05) is 41.2 Å². The van der Waals surface area contributed by atoms with E-state index in [1.807, 2.05) is 30.3 Å². The number of nitriles is 2. The molecule has 1 heterocycles. The Balaban J connectivity index is 0.000000425. The van der Waals surface area contributed by atoms with Crippen LogP contribution in [-0.4, -0.2) is 4.98 Å². The van der Waals surface area contributed by atoms with Crippen LogP contribution in [0, 0.1) is 29.6 Å². The third-order valence-electron chi connectivity index (χ3n) is 3.53. The van der Waals surface area contributed by atoms with Gasteiger partial charge in [-0.05, 0) is 54.2 Å². The molecule has 0 saturated carbocycles. The third-order valence-corrected chi connectivity index (χ3v) is 3.53. The maximum absolute atomic E-state index is 8.64. The summed E-state index contributed by atoms with van der Waals surface area (Å²) in [5.74, 6) is 0.973. The molecule has 0 unspecified atom stereocenters. The number of hydrogen-bond acceptors (Lipinski definition) is 3. The fourth-order valence-electron chi connectivity index (χ4n) is 2.21. The lowest BCUT2D eigenvalue weighted by Crippen LogP contribution is -1.91. The normalized spacial score (nSPS) is 9.38. The highest BCUT2D eigenvalue weighted by molar-refractivity contribution is 5.38. The molecule has 0 atom stereocenters. The molecule has 0 aliphatic heterocycles. The Morgan fingerprint density at radius 3 is 1.83 bits per heavy atom. The van der Waals surface area contributed by atoms with Gasteiger partial charge in [0.1, 0.15) is 6.07 Å². The molecule has 0 amide bonds. The zero-order valence-electron chi connectivity index (χ0n) is 14.5. The minimum Gasteiger partial charge on any atom is -0.260 e. The molecule has 24 heavy (non-hydrogen) atoms. The molecule has 0 saturated heterocycles. The molecule has 0 aliphatic rings. The minimum absolute atomic E-state index is 0. The molecule has 0 radical (unpaired) electrons. The molecule has 126 valence electrons. The van der Waals surface area contributed by atoms with E-state index in [1.54, 1.807) is 12.3 Å². The molecule has 0 N–H and O–H groups in total. The molecule has 0 fully saturated rings. The van der Waals surface area contributed by atoms with E-state index in [2.05, 4.69) is 45.7 Å². The SMILES string of the molecule is C.CC(C)c1ccc(C#N)cn1.Cc1cc(C#N)ccc1C(C)C. The first-order valence-electron chi connectivity index (χ1n) is 7.75. The molecule has 1 aromatic heterocycles. The Morgan fingerprint density at radius 2 is 1.46 bits per heavy atom. The fourth-order valence-corrected chi connectivity index (χ4v) is 2.21. The van der Waals surface area contributed by atoms with E-state index < -0.39 is 0 Å². The first kappa shape index (κ1) is 21.4. The van der Waals surface area contributed by atoms with E-state index >= 15 is 0 Å². The maximum atomic E-state index is 8.64. The van der Waals surface area contributed by atoms with Crippen molar-refractivity contribution in [3.8, 4) is 12.1 Å². The van der Waals surface area contributed by atoms with Crippen molar-refractivity contribution in [1.82, 2.24) is 4.98 Å². The Bertz CT molecular complexity index is 714. The summed E-state index contributed by atoms with van der Waals surface area (Å²) in [6.45, 7) is 10.5. The van der Waals surface area contributed by atoms with Crippen LogP contribution in [0.1, 0.15) is 74.9 Å². The molecule has 0 spiro atoms. The number of aromatic nitrogens is 1. The monoisotopic (exact) mass is 321 g/mol. The molecule has 1 aromatic carbocycles. The summed E-state index contributed by atoms with van der Waals surface area (Å²) in [6.07, 6.45) is 1.61. The average Bonchev–Trinajstić information content (AvgIpc) is 2.55. The zero-order valence-corrected chi connectivity index (χ0v) is 14.5. The van der Waals surface area contributed by atoms with E-state index in [0.29, 0.717) is 17.4 Å². The Hall–Kier alpha value is -2.65. The van der Waals surface area contributed by atoms with Gasteiger partial charge in [0, 0.05) is 11.9 Å². The number of benzene rings is 1. The summed E-state index contributed by atoms with van der Waals surface area (Å²) >= 11 is 0. The van der Waals surface area contributed by atoms with Gasteiger partial charge >= 0.3 is 0 Å². The number of pyridine rings is 1. The highest BCUT2D eigenvalue weighted by atomic mass is 14.7. The van der Waals surface area contributed by atoms with Crippen LogP contribution in [-0.2, 0) is 0 Å². The maximum Gasteiger partial charge on any atom is 0.101 e. The zero-order chi connectivity index (χ0) is 17.4. The van der Waals surface area contributed by atoms with Gasteiger partial charge in [0.05, 0.1) is 17.2 Å². The molecule has 0 aliphatic carbocycles. The van der Waals surface area contributed by atoms with Crippen molar-refractivity contribution in [2.45, 2.75) is 53.9 Å². The van der Waals surface area contributed by atoms with Crippen LogP contribution in [0.2, 0.25) is 0 Å². The minimum atomic E-state index is 0. The van der Waals surface area contributed by atoms with Gasteiger partial charge in [-0.3, -0.25) is 4.98 Å². The summed E-state index contributed by atoms with van der Waals surface area (Å²) in [5, 5.41) is 17.1. The van der Waals surface area contributed by atoms with Gasteiger partial charge in [-0.2, -0.15) is 10.5 Å². The molecule has 2 aromatic rings. The average molecular weight is 321 g/mol. The summed E-state index contributed by atoms with van der Waals surface area (Å²) in [7, 11) is 0. The number of rotatable bonds is 2. The van der Waals surface area contributed by atoms with E-state index in [0.717, 1.165) is 11.3 Å². The molecule has 3 nitrogen and oxygen atoms in total. The number of hydrogen-bond donors (Lipinski definition) is 0. The second kappa shape index (κ2) is 10.2. The van der Waals surface area contributed by atoms with Crippen LogP contribution >= 0.6 is 0 Å². The van der Waals surface area contributed by atoms with Gasteiger partial charge < -0.3 is 0 Å². The van der Waals surface area contributed by atoms with Gasteiger partial charge in [0.2, 0.25) is 0 Å². The van der Waals surface area contributed by atoms with E-state index in [9.17, 15) is 0 Å². The van der Waals surface area contributed by atoms with E-state index in [-0.39, 0.29) is 7.43 Å². The molecule has 3 heteroatoms. The quantitative estimate of drug-likeness (QED) is 0.712. The fraction of sp³-hybridized carbons (Fsp3) is 0.381. The van der Waals surface area contributed by atoms with Crippen molar-refractivity contribution in [2.75, 3.05) is 0 Å². The van der Waals surface area contributed by atoms with Crippen molar-refractivity contribution in [3.05, 3.63) is 64.5 Å². The van der Waals surface area contributed by atoms with Crippen molar-refractivity contribution in [1.29, 1.82) is 10.5 Å². The number of aryl methyl sites for hydroxylation is 1. The van der Waals surface area contributed by atoms with Crippen molar-refractivity contribution >= 4 is 0 Å². The summed E-state index contributed by atoms with van der Waals surface area (Å²) < 4.78 is 0. The lowest BCUT2D eigenvalue weighted by molar-refractivity contribution is 0.822. The number of nitrogens with zero attached hydrogens (tertiary/aromatic N) is 3. The lowest BCUT2D eigenvalue weighted by Gasteiger charge is -2.08. The largest absolute Gasteiger partial charge is 0.260 e. The topological polar surface area (TPSA) is 60.5 Å². The third kappa shape index (κ3) is 6.23. The predicted octanol–water partition coefficient (Wildman–Crippen LogP) is 5.70. The molecular weight excluding hydrogens is 294 g/mol. The van der Waals surface area contributed by atoms with Gasteiger partial charge in [-0.25, -0.2) is 0 Å². The van der Waals surface area contributed by atoms with Crippen LogP contribution in [0.5, 0.6) is 0 Å².